The standard InChI is InChI=1S/C21H25.C13H10.C11H15.2ClH.Zr/c1-20(2,3)16-7-9-18-14(12-16)11-15-13-17(21(4,5)6)8-10-19(15)18;1-3-7-12(8-4-1)11-13-9-5-2-6-10-13;1-2-6-10(7-3-1)11-8-4-5-9-11;;;/h7-10,12H,11H2,1-6H3;1-10H;8-10H,1-4,6-7H2;2*1H;. The van der Waals surface area contributed by atoms with Crippen LogP contribution in [0.1, 0.15) is 113 Å². The van der Waals surface area contributed by atoms with E-state index in [4.69, 9.17) is 0 Å². The Morgan fingerprint density at radius 1 is 0.667 bits per heavy atom. The van der Waals surface area contributed by atoms with Crippen LogP contribution in [0, 0.1) is 5.92 Å². The second-order valence-electron chi connectivity index (χ2n) is 16.0. The van der Waals surface area contributed by atoms with E-state index in [1.807, 2.05) is 0 Å². The summed E-state index contributed by atoms with van der Waals surface area (Å²) in [6, 6.07) is 35.2. The van der Waals surface area contributed by atoms with E-state index in [1.54, 1.807) is 26.5 Å². The molecule has 3 aliphatic carbocycles. The number of fused-ring (bicyclic) bond motifs is 3. The molecule has 0 saturated heterocycles. The number of rotatable bonds is 5. The first kappa shape index (κ1) is 37.0. The molecule has 4 aromatic rings. The van der Waals surface area contributed by atoms with Crippen LogP contribution in [0.15, 0.2) is 112 Å². The Labute approximate surface area is 310 Å². The summed E-state index contributed by atoms with van der Waals surface area (Å²) in [5.41, 5.74) is 13.8. The largest absolute Gasteiger partial charge is 0.147 e. The number of hydrogen-bond acceptors (Lipinski definition) is 0. The Hall–Kier alpha value is -2.31. The van der Waals surface area contributed by atoms with Gasteiger partial charge >= 0.3 is 287 Å². The van der Waals surface area contributed by atoms with Gasteiger partial charge in [-0.2, -0.15) is 0 Å². The number of hydrogen-bond donors (Lipinski definition) is 0. The zero-order valence-electron chi connectivity index (χ0n) is 29.7. The Morgan fingerprint density at radius 3 is 1.85 bits per heavy atom. The molecule has 0 atom stereocenters. The molecular weight excluding hydrogens is 703 g/mol. The number of allylic oxidation sites excluding steroid dienone is 4. The Bertz CT molecular complexity index is 1820. The van der Waals surface area contributed by atoms with Crippen molar-refractivity contribution < 1.29 is 21.3 Å². The van der Waals surface area contributed by atoms with Crippen molar-refractivity contribution in [1.82, 2.24) is 0 Å². The maximum atomic E-state index is 2.74. The molecule has 1 fully saturated rings. The Balaban J connectivity index is 0.00000225. The van der Waals surface area contributed by atoms with Crippen LogP contribution >= 0.6 is 24.8 Å². The fourth-order valence-corrected chi connectivity index (χ4v) is 17.2. The summed E-state index contributed by atoms with van der Waals surface area (Å²) >= 11 is -2.82. The number of halogens is 2. The minimum atomic E-state index is -2.82. The van der Waals surface area contributed by atoms with Gasteiger partial charge in [-0.05, 0) is 0 Å². The van der Waals surface area contributed by atoms with Crippen molar-refractivity contribution in [3.8, 4) is 11.1 Å². The van der Waals surface area contributed by atoms with Crippen LogP contribution in [-0.4, -0.2) is 3.21 Å². The van der Waals surface area contributed by atoms with E-state index in [0.717, 1.165) is 18.8 Å². The van der Waals surface area contributed by atoms with Crippen molar-refractivity contribution >= 4 is 31.3 Å². The van der Waals surface area contributed by atoms with Gasteiger partial charge in [0.25, 0.3) is 0 Å². The SMILES string of the molecule is CC(C)(C)c1ccc2c(c1)Cc1c-2ccc(C(C)(C)C)[c]1[Zr]([C]1=CC(C2CCCCC2)=CC1)=[C](c1ccccc1)c1ccccc1.Cl.Cl. The second-order valence-corrected chi connectivity index (χ2v) is 21.8. The van der Waals surface area contributed by atoms with E-state index in [-0.39, 0.29) is 35.6 Å². The first-order valence-corrected chi connectivity index (χ1v) is 21.3. The van der Waals surface area contributed by atoms with Gasteiger partial charge in [-0.3, -0.25) is 0 Å². The summed E-state index contributed by atoms with van der Waals surface area (Å²) < 4.78 is 5.14. The molecule has 0 aliphatic heterocycles. The Morgan fingerprint density at radius 2 is 1.27 bits per heavy atom. The minimum Gasteiger partial charge on any atom is -0.147 e. The van der Waals surface area contributed by atoms with Crippen molar-refractivity contribution in [2.45, 2.75) is 97.3 Å². The van der Waals surface area contributed by atoms with Gasteiger partial charge in [0.05, 0.1) is 0 Å². The predicted octanol–water partition coefficient (Wildman–Crippen LogP) is 12.0. The van der Waals surface area contributed by atoms with Crippen LogP contribution in [0.25, 0.3) is 11.1 Å². The van der Waals surface area contributed by atoms with Crippen LogP contribution in [0.4, 0.5) is 0 Å². The maximum Gasteiger partial charge on any atom is -0.147 e. The van der Waals surface area contributed by atoms with Crippen LogP contribution in [0.2, 0.25) is 0 Å². The van der Waals surface area contributed by atoms with Gasteiger partial charge in [-0.1, -0.05) is 0 Å². The van der Waals surface area contributed by atoms with Gasteiger partial charge < -0.3 is 0 Å². The molecule has 0 nitrogen and oxygen atoms in total. The molecule has 3 aliphatic rings. The van der Waals surface area contributed by atoms with Crippen LogP contribution in [0.5, 0.6) is 0 Å². The number of benzene rings is 4. The van der Waals surface area contributed by atoms with E-state index >= 15 is 0 Å². The maximum absolute atomic E-state index is 2.82. The fourth-order valence-electron chi connectivity index (χ4n) is 8.21. The van der Waals surface area contributed by atoms with E-state index in [9.17, 15) is 0 Å². The van der Waals surface area contributed by atoms with Gasteiger partial charge in [0.1, 0.15) is 0 Å². The smallest absolute Gasteiger partial charge is 0.147 e. The van der Waals surface area contributed by atoms with E-state index in [1.165, 1.54) is 65.5 Å². The van der Waals surface area contributed by atoms with Crippen molar-refractivity contribution in [2.75, 3.05) is 0 Å². The molecule has 0 aromatic heterocycles. The third kappa shape index (κ3) is 7.27. The summed E-state index contributed by atoms with van der Waals surface area (Å²) in [6.07, 6.45) is 14.5. The summed E-state index contributed by atoms with van der Waals surface area (Å²) in [5, 5.41) is 0. The van der Waals surface area contributed by atoms with Crippen LogP contribution in [-0.2, 0) is 38.5 Å². The van der Waals surface area contributed by atoms with Crippen molar-refractivity contribution in [3.63, 3.8) is 0 Å². The molecule has 0 spiro atoms. The average Bonchev–Trinajstić information content (AvgIpc) is 3.69. The fraction of sp³-hybridized carbons (Fsp3) is 0.356. The summed E-state index contributed by atoms with van der Waals surface area (Å²) in [6.45, 7) is 14.4. The first-order valence-electron chi connectivity index (χ1n) is 17.7. The molecule has 0 amide bonds. The molecule has 48 heavy (non-hydrogen) atoms. The van der Waals surface area contributed by atoms with Crippen LogP contribution in [0.3, 0.4) is 0 Å². The van der Waals surface area contributed by atoms with Gasteiger partial charge in [0.15, 0.2) is 0 Å². The molecule has 4 aromatic carbocycles. The predicted molar refractivity (Wildman–Crippen MR) is 210 cm³/mol. The molecule has 7 rings (SSSR count). The molecule has 0 radical (unpaired) electrons. The topological polar surface area (TPSA) is 0 Å². The molecule has 0 N–H and O–H groups in total. The Kier molecular flexibility index (Phi) is 11.5. The van der Waals surface area contributed by atoms with Crippen LogP contribution < -0.4 is 3.27 Å². The molecular formula is C45H52Cl2Zr. The quantitative estimate of drug-likeness (QED) is 0.168. The molecule has 250 valence electrons. The summed E-state index contributed by atoms with van der Waals surface area (Å²) in [4.78, 5) is 0. The second kappa shape index (κ2) is 14.9. The van der Waals surface area contributed by atoms with Gasteiger partial charge in [0, 0.05) is 0 Å². The normalized spacial score (nSPS) is 15.8. The van der Waals surface area contributed by atoms with Gasteiger partial charge in [-0.15, -0.1) is 24.8 Å². The molecule has 1 saturated carbocycles. The van der Waals surface area contributed by atoms with E-state index in [2.05, 4.69) is 145 Å². The van der Waals surface area contributed by atoms with Gasteiger partial charge in [0.2, 0.25) is 0 Å². The zero-order valence-corrected chi connectivity index (χ0v) is 33.7. The minimum absolute atomic E-state index is 0. The third-order valence-corrected chi connectivity index (χ3v) is 18.4. The summed E-state index contributed by atoms with van der Waals surface area (Å²) in [7, 11) is 0. The zero-order chi connectivity index (χ0) is 32.1. The molecule has 3 heteroatoms. The first-order chi connectivity index (χ1) is 22.1. The van der Waals surface area contributed by atoms with Crippen molar-refractivity contribution in [1.29, 1.82) is 0 Å². The van der Waals surface area contributed by atoms with E-state index < -0.39 is 21.3 Å². The summed E-state index contributed by atoms with van der Waals surface area (Å²) in [5.74, 6) is 0.747. The molecule has 0 unspecified atom stereocenters. The van der Waals surface area contributed by atoms with Crippen molar-refractivity contribution in [2.24, 2.45) is 5.92 Å². The molecule has 0 bridgehead atoms. The monoisotopic (exact) mass is 752 g/mol. The third-order valence-electron chi connectivity index (χ3n) is 10.7. The van der Waals surface area contributed by atoms with Crippen molar-refractivity contribution in [3.05, 3.63) is 145 Å². The van der Waals surface area contributed by atoms with Gasteiger partial charge in [-0.25, -0.2) is 0 Å². The average molecular weight is 755 g/mol. The van der Waals surface area contributed by atoms with E-state index in [0.29, 0.717) is 0 Å². The molecule has 0 heterocycles.